The average Bonchev–Trinajstić information content (AvgIpc) is 3.08. The zero-order chi connectivity index (χ0) is 26.2. The van der Waals surface area contributed by atoms with Crippen LogP contribution in [0.25, 0.3) is 5.69 Å². The molecule has 1 unspecified atom stereocenters. The summed E-state index contributed by atoms with van der Waals surface area (Å²) in [5, 5.41) is 2.62. The third kappa shape index (κ3) is 5.97. The quantitative estimate of drug-likeness (QED) is 0.315. The lowest BCUT2D eigenvalue weighted by molar-refractivity contribution is -0.123. The topological polar surface area (TPSA) is 101 Å². The van der Waals surface area contributed by atoms with Gasteiger partial charge in [-0.2, -0.15) is 0 Å². The van der Waals surface area contributed by atoms with Crippen molar-refractivity contribution in [2.45, 2.75) is 46.6 Å². The molecule has 0 bridgehead atoms. The molecule has 0 aliphatic carbocycles. The molecule has 1 heterocycles. The van der Waals surface area contributed by atoms with E-state index in [1.54, 1.807) is 42.9 Å². The van der Waals surface area contributed by atoms with Gasteiger partial charge in [-0.15, -0.1) is 0 Å². The Balaban J connectivity index is 1.72. The van der Waals surface area contributed by atoms with Gasteiger partial charge in [-0.3, -0.25) is 14.3 Å². The fourth-order valence-electron chi connectivity index (χ4n) is 3.57. The number of aromatic nitrogens is 2. The maximum Gasteiger partial charge on any atom is 0.339 e. The minimum atomic E-state index is -1.14. The summed E-state index contributed by atoms with van der Waals surface area (Å²) in [5.41, 5.74) is 1.20. The van der Waals surface area contributed by atoms with Gasteiger partial charge in [0.25, 0.3) is 11.5 Å². The summed E-state index contributed by atoms with van der Waals surface area (Å²) in [6.45, 7) is 8.03. The van der Waals surface area contributed by atoms with Crippen molar-refractivity contribution < 1.29 is 23.8 Å². The molecule has 0 aliphatic rings. The van der Waals surface area contributed by atoms with E-state index in [2.05, 4.69) is 12.2 Å². The molecule has 1 aromatic heterocycles. The normalized spacial score (nSPS) is 11.6. The molecule has 3 rings (SSSR count). The summed E-state index contributed by atoms with van der Waals surface area (Å²) in [4.78, 5) is 38.6. The van der Waals surface area contributed by atoms with Crippen molar-refractivity contribution in [3.63, 3.8) is 0 Å². The number of carbonyl (C=O) groups excluding carboxylic acids is 2. The third-order valence-corrected chi connectivity index (χ3v) is 5.69. The Morgan fingerprint density at radius 2 is 1.75 bits per heavy atom. The minimum absolute atomic E-state index is 0.126. The molecular weight excluding hydrogens is 462 g/mol. The summed E-state index contributed by atoms with van der Waals surface area (Å²) < 4.78 is 19.9. The number of hydrogen-bond donors (Lipinski definition) is 1. The fourth-order valence-corrected chi connectivity index (χ4v) is 3.57. The standard InChI is InChI=1S/C27H33N3O6/c1-6-8-16-35-22-15-14-20(17-23(22)34-7-2)27(33)36-19(4)25(31)28-24-18(3)29(5)30(26(24)32)21-12-10-9-11-13-21/h9-15,17,19H,6-8,16H2,1-5H3,(H,28,31). The molecule has 0 saturated carbocycles. The van der Waals surface area contributed by atoms with Crippen LogP contribution in [0.1, 0.15) is 49.7 Å². The van der Waals surface area contributed by atoms with Gasteiger partial charge in [0, 0.05) is 7.05 Å². The number of amides is 1. The van der Waals surface area contributed by atoms with E-state index < -0.39 is 18.0 Å². The molecule has 0 fully saturated rings. The zero-order valence-corrected chi connectivity index (χ0v) is 21.4. The largest absolute Gasteiger partial charge is 0.490 e. The third-order valence-electron chi connectivity index (χ3n) is 5.69. The first-order chi connectivity index (χ1) is 17.3. The molecule has 1 N–H and O–H groups in total. The maximum atomic E-state index is 13.0. The highest BCUT2D eigenvalue weighted by molar-refractivity contribution is 5.97. The van der Waals surface area contributed by atoms with Crippen molar-refractivity contribution in [1.82, 2.24) is 9.36 Å². The van der Waals surface area contributed by atoms with Gasteiger partial charge in [-0.05, 0) is 57.5 Å². The number of rotatable bonds is 11. The molecule has 0 radical (unpaired) electrons. The molecule has 0 aliphatic heterocycles. The average molecular weight is 496 g/mol. The lowest BCUT2D eigenvalue weighted by Gasteiger charge is -2.15. The molecule has 9 nitrogen and oxygen atoms in total. The Hall–Kier alpha value is -4.01. The number of nitrogens with zero attached hydrogens (tertiary/aromatic N) is 2. The summed E-state index contributed by atoms with van der Waals surface area (Å²) in [6, 6.07) is 13.9. The van der Waals surface area contributed by atoms with E-state index >= 15 is 0 Å². The molecule has 3 aromatic rings. The molecule has 0 spiro atoms. The Labute approximate surface area is 210 Å². The molecule has 2 aromatic carbocycles. The highest BCUT2D eigenvalue weighted by Gasteiger charge is 2.24. The predicted octanol–water partition coefficient (Wildman–Crippen LogP) is 4.25. The van der Waals surface area contributed by atoms with Crippen molar-refractivity contribution >= 4 is 17.6 Å². The van der Waals surface area contributed by atoms with E-state index in [0.717, 1.165) is 12.8 Å². The van der Waals surface area contributed by atoms with Gasteiger partial charge >= 0.3 is 5.97 Å². The van der Waals surface area contributed by atoms with E-state index in [4.69, 9.17) is 14.2 Å². The van der Waals surface area contributed by atoms with Crippen molar-refractivity contribution in [2.24, 2.45) is 7.05 Å². The molecule has 1 amide bonds. The second-order valence-corrected chi connectivity index (χ2v) is 8.27. The van der Waals surface area contributed by atoms with Crippen LogP contribution in [0.4, 0.5) is 5.69 Å². The Morgan fingerprint density at radius 3 is 2.42 bits per heavy atom. The van der Waals surface area contributed by atoms with Crippen molar-refractivity contribution in [3.8, 4) is 17.2 Å². The number of carbonyl (C=O) groups is 2. The lowest BCUT2D eigenvalue weighted by Crippen LogP contribution is -2.32. The summed E-state index contributed by atoms with van der Waals surface area (Å²) in [7, 11) is 1.73. The van der Waals surface area contributed by atoms with E-state index in [-0.39, 0.29) is 16.8 Å². The van der Waals surface area contributed by atoms with Crippen LogP contribution >= 0.6 is 0 Å². The van der Waals surface area contributed by atoms with Crippen LogP contribution in [0.2, 0.25) is 0 Å². The first kappa shape index (κ1) is 26.6. The number of ether oxygens (including phenoxy) is 3. The second-order valence-electron chi connectivity index (χ2n) is 8.27. The van der Waals surface area contributed by atoms with Crippen LogP contribution in [0, 0.1) is 6.92 Å². The van der Waals surface area contributed by atoms with E-state index in [0.29, 0.717) is 36.1 Å². The van der Waals surface area contributed by atoms with Crippen molar-refractivity contribution in [3.05, 3.63) is 70.1 Å². The van der Waals surface area contributed by atoms with E-state index in [1.165, 1.54) is 17.7 Å². The van der Waals surface area contributed by atoms with Crippen LogP contribution in [0.5, 0.6) is 11.5 Å². The van der Waals surface area contributed by atoms with Crippen LogP contribution in [-0.2, 0) is 16.6 Å². The second kappa shape index (κ2) is 12.1. The Morgan fingerprint density at radius 1 is 1.03 bits per heavy atom. The fraction of sp³-hybridized carbons (Fsp3) is 0.370. The molecular formula is C27H33N3O6. The number of unbranched alkanes of at least 4 members (excludes halogenated alkanes) is 1. The maximum absolute atomic E-state index is 13.0. The van der Waals surface area contributed by atoms with Gasteiger partial charge in [0.2, 0.25) is 0 Å². The zero-order valence-electron chi connectivity index (χ0n) is 21.4. The minimum Gasteiger partial charge on any atom is -0.490 e. The van der Waals surface area contributed by atoms with Crippen LogP contribution in [-0.4, -0.2) is 40.6 Å². The molecule has 0 saturated heterocycles. The first-order valence-electron chi connectivity index (χ1n) is 12.0. The van der Waals surface area contributed by atoms with Gasteiger partial charge in [0.1, 0.15) is 5.69 Å². The van der Waals surface area contributed by atoms with Crippen LogP contribution in [0.15, 0.2) is 53.3 Å². The number of benzene rings is 2. The van der Waals surface area contributed by atoms with Gasteiger partial charge in [0.05, 0.1) is 30.2 Å². The number of para-hydroxylation sites is 1. The summed E-state index contributed by atoms with van der Waals surface area (Å²) in [5.74, 6) is -0.326. The number of nitrogens with one attached hydrogen (secondary N) is 1. The van der Waals surface area contributed by atoms with Crippen molar-refractivity contribution in [1.29, 1.82) is 0 Å². The van der Waals surface area contributed by atoms with Crippen molar-refractivity contribution in [2.75, 3.05) is 18.5 Å². The van der Waals surface area contributed by atoms with Crippen LogP contribution in [0.3, 0.4) is 0 Å². The smallest absolute Gasteiger partial charge is 0.339 e. The van der Waals surface area contributed by atoms with Gasteiger partial charge in [0.15, 0.2) is 17.6 Å². The summed E-state index contributed by atoms with van der Waals surface area (Å²) >= 11 is 0. The molecule has 9 heteroatoms. The number of hydrogen-bond acceptors (Lipinski definition) is 6. The van der Waals surface area contributed by atoms with Gasteiger partial charge in [-0.1, -0.05) is 31.5 Å². The van der Waals surface area contributed by atoms with Gasteiger partial charge in [-0.25, -0.2) is 9.48 Å². The number of anilines is 1. The summed E-state index contributed by atoms with van der Waals surface area (Å²) in [6.07, 6.45) is 0.758. The van der Waals surface area contributed by atoms with Gasteiger partial charge < -0.3 is 19.5 Å². The predicted molar refractivity (Wildman–Crippen MR) is 137 cm³/mol. The molecule has 1 atom stereocenters. The first-order valence-corrected chi connectivity index (χ1v) is 12.0. The van der Waals surface area contributed by atoms with Crippen LogP contribution < -0.4 is 20.3 Å². The highest BCUT2D eigenvalue weighted by atomic mass is 16.5. The lowest BCUT2D eigenvalue weighted by atomic mass is 10.2. The van der Waals surface area contributed by atoms with E-state index in [1.807, 2.05) is 25.1 Å². The Bertz CT molecular complexity index is 1260. The highest BCUT2D eigenvalue weighted by Crippen LogP contribution is 2.29. The monoisotopic (exact) mass is 495 g/mol. The SMILES string of the molecule is CCCCOc1ccc(C(=O)OC(C)C(=O)Nc2c(C)n(C)n(-c3ccccc3)c2=O)cc1OCC. The number of esters is 1. The molecule has 36 heavy (non-hydrogen) atoms. The Kier molecular flexibility index (Phi) is 8.94. The van der Waals surface area contributed by atoms with E-state index in [9.17, 15) is 14.4 Å². The molecule has 192 valence electrons.